The number of thiazole rings is 1. The second-order valence-electron chi connectivity index (χ2n) is 2.21. The van der Waals surface area contributed by atoms with Gasteiger partial charge in [-0.15, -0.1) is 16.9 Å². The van der Waals surface area contributed by atoms with E-state index in [1.807, 2.05) is 17.6 Å². The summed E-state index contributed by atoms with van der Waals surface area (Å²) in [5.41, 5.74) is 4.19. The first-order valence-electron chi connectivity index (χ1n) is 3.08. The van der Waals surface area contributed by atoms with Crippen LogP contribution in [0.2, 0.25) is 0 Å². The summed E-state index contributed by atoms with van der Waals surface area (Å²) in [7, 11) is 0. The second-order valence-corrected chi connectivity index (χ2v) is 3.06. The Labute approximate surface area is 81.3 Å². The standard InChI is InChI=1S/C8H6NS.V/c1-6-3-2-4-7-8(6)10-5-9-7;/h3-5H,1H3;/q-1;. The van der Waals surface area contributed by atoms with Gasteiger partial charge in [0.15, 0.2) is 0 Å². The molecule has 0 aliphatic rings. The van der Waals surface area contributed by atoms with Crippen LogP contribution in [0.15, 0.2) is 17.6 Å². The normalized spacial score (nSPS) is 9.55. The van der Waals surface area contributed by atoms with Crippen molar-refractivity contribution in [2.24, 2.45) is 0 Å². The van der Waals surface area contributed by atoms with Crippen molar-refractivity contribution in [3.8, 4) is 0 Å². The van der Waals surface area contributed by atoms with E-state index < -0.39 is 0 Å². The summed E-state index contributed by atoms with van der Waals surface area (Å²) in [6, 6.07) is 6.94. The Kier molecular flexibility index (Phi) is 2.71. The van der Waals surface area contributed by atoms with Crippen LogP contribution >= 0.6 is 11.3 Å². The maximum atomic E-state index is 4.17. The van der Waals surface area contributed by atoms with Crippen molar-refractivity contribution in [2.75, 3.05) is 0 Å². The summed E-state index contributed by atoms with van der Waals surface area (Å²) in [6.45, 7) is 2.08. The van der Waals surface area contributed by atoms with Crippen LogP contribution in [0.25, 0.3) is 10.2 Å². The molecule has 0 spiro atoms. The Morgan fingerprint density at radius 1 is 1.45 bits per heavy atom. The molecule has 1 aromatic heterocycles. The molecule has 0 saturated heterocycles. The van der Waals surface area contributed by atoms with Gasteiger partial charge in [0, 0.05) is 18.6 Å². The zero-order valence-corrected chi connectivity index (χ0v) is 8.25. The van der Waals surface area contributed by atoms with Gasteiger partial charge in [0.2, 0.25) is 0 Å². The van der Waals surface area contributed by atoms with Crippen molar-refractivity contribution >= 4 is 21.6 Å². The van der Waals surface area contributed by atoms with Crippen molar-refractivity contribution in [1.82, 2.24) is 4.98 Å². The molecule has 0 unspecified atom stereocenters. The number of nitrogens with zero attached hydrogens (tertiary/aromatic N) is 1. The van der Waals surface area contributed by atoms with Gasteiger partial charge in [-0.25, -0.2) is 0 Å². The summed E-state index contributed by atoms with van der Waals surface area (Å²) in [6.07, 6.45) is 0. The second kappa shape index (κ2) is 3.39. The molecule has 0 aliphatic heterocycles. The molecular formula is C8H6NSV-. The molecule has 0 N–H and O–H groups in total. The van der Waals surface area contributed by atoms with Crippen LogP contribution < -0.4 is 0 Å². The van der Waals surface area contributed by atoms with Gasteiger partial charge >= 0.3 is 0 Å². The molecule has 55 valence electrons. The van der Waals surface area contributed by atoms with E-state index in [4.69, 9.17) is 0 Å². The van der Waals surface area contributed by atoms with E-state index in [1.54, 1.807) is 11.3 Å². The maximum absolute atomic E-state index is 4.17. The molecule has 0 aliphatic carbocycles. The molecule has 0 atom stereocenters. The molecule has 2 rings (SSSR count). The number of hydrogen-bond acceptors (Lipinski definition) is 2. The largest absolute Gasteiger partial charge is 0.309 e. The van der Waals surface area contributed by atoms with Crippen molar-refractivity contribution < 1.29 is 18.6 Å². The van der Waals surface area contributed by atoms with Gasteiger partial charge in [0.05, 0.1) is 5.51 Å². The average molecular weight is 199 g/mol. The minimum atomic E-state index is 0. The van der Waals surface area contributed by atoms with E-state index in [2.05, 4.69) is 18.0 Å². The van der Waals surface area contributed by atoms with Crippen LogP contribution in [-0.2, 0) is 18.6 Å². The topological polar surface area (TPSA) is 12.9 Å². The van der Waals surface area contributed by atoms with Crippen LogP contribution in [0, 0.1) is 13.0 Å². The molecule has 1 heterocycles. The monoisotopic (exact) mass is 199 g/mol. The minimum Gasteiger partial charge on any atom is -0.309 e. The fraction of sp³-hybridized carbons (Fsp3) is 0.125. The fourth-order valence-electron chi connectivity index (χ4n) is 0.964. The molecular weight excluding hydrogens is 193 g/mol. The Bertz CT molecular complexity index is 356. The number of fused-ring (bicyclic) bond motifs is 1. The minimum absolute atomic E-state index is 0. The van der Waals surface area contributed by atoms with Crippen LogP contribution in [0.4, 0.5) is 0 Å². The molecule has 2 aromatic rings. The van der Waals surface area contributed by atoms with E-state index in [0.717, 1.165) is 5.52 Å². The van der Waals surface area contributed by atoms with E-state index in [1.165, 1.54) is 10.3 Å². The molecule has 11 heavy (non-hydrogen) atoms. The Morgan fingerprint density at radius 3 is 3.00 bits per heavy atom. The van der Waals surface area contributed by atoms with Crippen LogP contribution in [0.1, 0.15) is 5.56 Å². The third-order valence-corrected chi connectivity index (χ3v) is 2.45. The first kappa shape index (κ1) is 8.79. The Hall–Kier alpha value is -0.306. The van der Waals surface area contributed by atoms with Crippen molar-refractivity contribution in [3.63, 3.8) is 0 Å². The van der Waals surface area contributed by atoms with E-state index in [-0.39, 0.29) is 18.6 Å². The summed E-state index contributed by atoms with van der Waals surface area (Å²) < 4.78 is 1.28. The molecule has 0 amide bonds. The van der Waals surface area contributed by atoms with Gasteiger partial charge in [0.25, 0.3) is 0 Å². The van der Waals surface area contributed by atoms with E-state index in [0.29, 0.717) is 0 Å². The van der Waals surface area contributed by atoms with Crippen molar-refractivity contribution in [3.05, 3.63) is 29.3 Å². The molecule has 1 radical (unpaired) electrons. The number of aryl methyl sites for hydroxylation is 1. The van der Waals surface area contributed by atoms with E-state index in [9.17, 15) is 0 Å². The van der Waals surface area contributed by atoms with Gasteiger partial charge in [0.1, 0.15) is 0 Å². The molecule has 1 nitrogen and oxygen atoms in total. The smallest absolute Gasteiger partial charge is 0.0635 e. The SMILES string of the molecule is Cc1c[c-]cc2ncsc12.[V]. The van der Waals surface area contributed by atoms with Crippen LogP contribution in [-0.4, -0.2) is 4.98 Å². The van der Waals surface area contributed by atoms with Gasteiger partial charge < -0.3 is 4.98 Å². The molecule has 3 heteroatoms. The summed E-state index contributed by atoms with van der Waals surface area (Å²) in [5, 5.41) is 0. The summed E-state index contributed by atoms with van der Waals surface area (Å²) in [4.78, 5) is 4.17. The van der Waals surface area contributed by atoms with Gasteiger partial charge in [-0.3, -0.25) is 0 Å². The number of aromatic nitrogens is 1. The van der Waals surface area contributed by atoms with Crippen molar-refractivity contribution in [2.45, 2.75) is 6.92 Å². The molecule has 1 aromatic carbocycles. The zero-order chi connectivity index (χ0) is 6.97. The third-order valence-electron chi connectivity index (χ3n) is 1.47. The quantitative estimate of drug-likeness (QED) is 0.593. The predicted molar refractivity (Wildman–Crippen MR) is 43.2 cm³/mol. The van der Waals surface area contributed by atoms with Crippen LogP contribution in [0.3, 0.4) is 0 Å². The Balaban J connectivity index is 0.000000605. The fourth-order valence-corrected chi connectivity index (χ4v) is 1.71. The average Bonchev–Trinajstić information content (AvgIpc) is 2.36. The molecule has 0 bridgehead atoms. The summed E-state index contributed by atoms with van der Waals surface area (Å²) >= 11 is 1.68. The van der Waals surface area contributed by atoms with E-state index >= 15 is 0 Å². The third kappa shape index (κ3) is 1.48. The summed E-state index contributed by atoms with van der Waals surface area (Å²) in [5.74, 6) is 0. The first-order chi connectivity index (χ1) is 4.88. The van der Waals surface area contributed by atoms with Gasteiger partial charge in [-0.05, 0) is 5.52 Å². The number of benzene rings is 1. The first-order valence-corrected chi connectivity index (χ1v) is 3.96. The maximum Gasteiger partial charge on any atom is 0.0635 e. The number of rotatable bonds is 0. The van der Waals surface area contributed by atoms with Crippen LogP contribution in [0.5, 0.6) is 0 Å². The molecule has 0 saturated carbocycles. The van der Waals surface area contributed by atoms with Crippen molar-refractivity contribution in [1.29, 1.82) is 0 Å². The molecule has 0 fully saturated rings. The van der Waals surface area contributed by atoms with Gasteiger partial charge in [-0.2, -0.15) is 18.2 Å². The Morgan fingerprint density at radius 2 is 2.27 bits per heavy atom. The van der Waals surface area contributed by atoms with Gasteiger partial charge in [-0.1, -0.05) is 11.6 Å². The zero-order valence-electron chi connectivity index (χ0n) is 6.03. The number of hydrogen-bond donors (Lipinski definition) is 0. The predicted octanol–water partition coefficient (Wildman–Crippen LogP) is 2.40.